The van der Waals surface area contributed by atoms with Crippen LogP contribution in [0.5, 0.6) is 0 Å². The number of carbonyl (C=O) groups excluding carboxylic acids is 1. The lowest BCUT2D eigenvalue weighted by Gasteiger charge is -2.04. The fourth-order valence-corrected chi connectivity index (χ4v) is 1.86. The fraction of sp³-hybridized carbons (Fsp3) is 0.417. The molecule has 0 aliphatic carbocycles. The van der Waals surface area contributed by atoms with E-state index in [4.69, 9.17) is 14.0 Å². The lowest BCUT2D eigenvalue weighted by Crippen LogP contribution is -2.15. The highest BCUT2D eigenvalue weighted by Crippen LogP contribution is 2.29. The summed E-state index contributed by atoms with van der Waals surface area (Å²) in [6, 6.07) is 7.39. The van der Waals surface area contributed by atoms with Crippen LogP contribution in [0.3, 0.4) is 0 Å². The second kappa shape index (κ2) is 5.68. The minimum Gasteiger partial charge on any atom is -0.464 e. The normalized spacial score (nSPS) is 18.1. The van der Waals surface area contributed by atoms with E-state index in [0.29, 0.717) is 0 Å². The third-order valence-electron chi connectivity index (χ3n) is 2.64. The molecule has 1 aromatic rings. The molecule has 104 valence electrons. The maximum Gasteiger partial charge on any atom is 0.310 e. The van der Waals surface area contributed by atoms with Crippen LogP contribution in [-0.2, 0) is 30.8 Å². The standard InChI is InChI=1S/C12H14O6S/c13-12(17-5-6-19(14,15)16)7-9-1-3-10(4-2-9)11-8-18-11/h1-4,11H,5-8H2,(H,14,15,16). The zero-order valence-electron chi connectivity index (χ0n) is 10.1. The number of carbonyl (C=O) groups is 1. The number of hydrogen-bond donors (Lipinski definition) is 1. The summed E-state index contributed by atoms with van der Waals surface area (Å²) in [5.74, 6) is -1.12. The van der Waals surface area contributed by atoms with Gasteiger partial charge in [-0.2, -0.15) is 8.42 Å². The van der Waals surface area contributed by atoms with Crippen molar-refractivity contribution in [3.8, 4) is 0 Å². The van der Waals surface area contributed by atoms with Gasteiger partial charge in [-0.05, 0) is 11.1 Å². The van der Waals surface area contributed by atoms with E-state index in [1.165, 1.54) is 0 Å². The molecular weight excluding hydrogens is 272 g/mol. The molecule has 1 heterocycles. The predicted molar refractivity (Wildman–Crippen MR) is 66.2 cm³/mol. The first-order chi connectivity index (χ1) is 8.94. The van der Waals surface area contributed by atoms with Crippen LogP contribution in [0.25, 0.3) is 0 Å². The van der Waals surface area contributed by atoms with Crippen LogP contribution in [0.4, 0.5) is 0 Å². The van der Waals surface area contributed by atoms with Gasteiger partial charge in [0.15, 0.2) is 0 Å². The quantitative estimate of drug-likeness (QED) is 0.471. The molecule has 1 atom stereocenters. The molecule has 1 N–H and O–H groups in total. The Morgan fingerprint density at radius 2 is 2.00 bits per heavy atom. The molecule has 0 aromatic heterocycles. The molecule has 0 spiro atoms. The lowest BCUT2D eigenvalue weighted by molar-refractivity contribution is -0.142. The summed E-state index contributed by atoms with van der Waals surface area (Å²) in [5.41, 5.74) is 1.85. The molecule has 6 nitrogen and oxygen atoms in total. The van der Waals surface area contributed by atoms with E-state index in [1.54, 1.807) is 12.1 Å². The third kappa shape index (κ3) is 4.98. The van der Waals surface area contributed by atoms with Gasteiger partial charge in [0.1, 0.15) is 18.5 Å². The molecular formula is C12H14O6S. The Labute approximate surface area is 111 Å². The Kier molecular flexibility index (Phi) is 4.18. The van der Waals surface area contributed by atoms with E-state index in [9.17, 15) is 13.2 Å². The monoisotopic (exact) mass is 286 g/mol. The summed E-state index contributed by atoms with van der Waals surface area (Å²) in [6.45, 7) is 0.392. The summed E-state index contributed by atoms with van der Waals surface area (Å²) in [7, 11) is -4.09. The van der Waals surface area contributed by atoms with Crippen molar-refractivity contribution in [1.82, 2.24) is 0 Å². The average molecular weight is 286 g/mol. The zero-order chi connectivity index (χ0) is 13.9. The van der Waals surface area contributed by atoms with E-state index in [-0.39, 0.29) is 19.1 Å². The maximum atomic E-state index is 11.4. The van der Waals surface area contributed by atoms with Crippen LogP contribution < -0.4 is 0 Å². The van der Waals surface area contributed by atoms with Gasteiger partial charge in [0, 0.05) is 0 Å². The van der Waals surface area contributed by atoms with Gasteiger partial charge in [-0.1, -0.05) is 24.3 Å². The number of esters is 1. The van der Waals surface area contributed by atoms with E-state index < -0.39 is 21.8 Å². The predicted octanol–water partition coefficient (Wildman–Crippen LogP) is 0.731. The maximum absolute atomic E-state index is 11.4. The zero-order valence-corrected chi connectivity index (χ0v) is 10.9. The largest absolute Gasteiger partial charge is 0.464 e. The van der Waals surface area contributed by atoms with Crippen LogP contribution in [0.15, 0.2) is 24.3 Å². The van der Waals surface area contributed by atoms with Gasteiger partial charge in [-0.15, -0.1) is 0 Å². The minimum absolute atomic E-state index is 0.0667. The molecule has 1 aromatic carbocycles. The number of ether oxygens (including phenoxy) is 2. The molecule has 1 aliphatic rings. The van der Waals surface area contributed by atoms with E-state index >= 15 is 0 Å². The van der Waals surface area contributed by atoms with Crippen LogP contribution in [0.1, 0.15) is 17.2 Å². The molecule has 0 saturated carbocycles. The Morgan fingerprint density at radius 3 is 2.53 bits per heavy atom. The number of rotatable bonds is 6. The second-order valence-corrected chi connectivity index (χ2v) is 5.82. The lowest BCUT2D eigenvalue weighted by atomic mass is 10.1. The van der Waals surface area contributed by atoms with E-state index in [0.717, 1.165) is 17.7 Å². The Balaban J connectivity index is 1.78. The van der Waals surface area contributed by atoms with Crippen LogP contribution in [0.2, 0.25) is 0 Å². The molecule has 1 unspecified atom stereocenters. The number of epoxide rings is 1. The smallest absolute Gasteiger partial charge is 0.310 e. The Morgan fingerprint density at radius 1 is 1.37 bits per heavy atom. The summed E-state index contributed by atoms with van der Waals surface area (Å²) < 4.78 is 39.2. The van der Waals surface area contributed by atoms with Crippen molar-refractivity contribution in [3.05, 3.63) is 35.4 Å². The average Bonchev–Trinajstić information content (AvgIpc) is 3.12. The summed E-state index contributed by atoms with van der Waals surface area (Å²) in [5, 5.41) is 0. The SMILES string of the molecule is O=C(Cc1ccc(C2CO2)cc1)OCCS(=O)(=O)O. The van der Waals surface area contributed by atoms with Crippen molar-refractivity contribution in [2.24, 2.45) is 0 Å². The van der Waals surface area contributed by atoms with Crippen molar-refractivity contribution in [2.45, 2.75) is 12.5 Å². The van der Waals surface area contributed by atoms with Crippen LogP contribution in [-0.4, -0.2) is 37.9 Å². The van der Waals surface area contributed by atoms with Crippen LogP contribution >= 0.6 is 0 Å². The highest BCUT2D eigenvalue weighted by atomic mass is 32.2. The van der Waals surface area contributed by atoms with Gasteiger partial charge in [0.25, 0.3) is 10.1 Å². The van der Waals surface area contributed by atoms with Crippen molar-refractivity contribution >= 4 is 16.1 Å². The Hall–Kier alpha value is -1.44. The second-order valence-electron chi connectivity index (χ2n) is 4.25. The van der Waals surface area contributed by atoms with E-state index in [1.807, 2.05) is 12.1 Å². The van der Waals surface area contributed by atoms with Gasteiger partial charge >= 0.3 is 5.97 Å². The molecule has 7 heteroatoms. The molecule has 1 aliphatic heterocycles. The van der Waals surface area contributed by atoms with Crippen molar-refractivity contribution < 1.29 is 27.2 Å². The van der Waals surface area contributed by atoms with Gasteiger partial charge in [-0.3, -0.25) is 9.35 Å². The molecule has 0 radical (unpaired) electrons. The van der Waals surface area contributed by atoms with E-state index in [2.05, 4.69) is 0 Å². The molecule has 1 fully saturated rings. The highest BCUT2D eigenvalue weighted by Gasteiger charge is 2.24. The molecule has 19 heavy (non-hydrogen) atoms. The highest BCUT2D eigenvalue weighted by molar-refractivity contribution is 7.85. The Bertz CT molecular complexity index is 544. The first-order valence-corrected chi connectivity index (χ1v) is 7.36. The topological polar surface area (TPSA) is 93.2 Å². The summed E-state index contributed by atoms with van der Waals surface area (Å²) >= 11 is 0. The van der Waals surface area contributed by atoms with Gasteiger partial charge in [-0.25, -0.2) is 0 Å². The van der Waals surface area contributed by atoms with Crippen molar-refractivity contribution in [1.29, 1.82) is 0 Å². The third-order valence-corrected chi connectivity index (χ3v) is 3.32. The number of benzene rings is 1. The van der Waals surface area contributed by atoms with Gasteiger partial charge in [0.05, 0.1) is 13.0 Å². The number of hydrogen-bond acceptors (Lipinski definition) is 5. The van der Waals surface area contributed by atoms with Crippen molar-refractivity contribution in [3.63, 3.8) is 0 Å². The summed E-state index contributed by atoms with van der Waals surface area (Å²) in [6.07, 6.45) is 0.243. The minimum atomic E-state index is -4.09. The molecule has 0 bridgehead atoms. The molecule has 1 saturated heterocycles. The first kappa shape index (κ1) is 14.0. The molecule has 0 amide bonds. The van der Waals surface area contributed by atoms with Gasteiger partial charge in [0.2, 0.25) is 0 Å². The molecule has 2 rings (SSSR count). The fourth-order valence-electron chi connectivity index (χ4n) is 1.57. The van der Waals surface area contributed by atoms with Crippen molar-refractivity contribution in [2.75, 3.05) is 19.0 Å². The van der Waals surface area contributed by atoms with Crippen LogP contribution in [0, 0.1) is 0 Å². The summed E-state index contributed by atoms with van der Waals surface area (Å²) in [4.78, 5) is 11.4. The van der Waals surface area contributed by atoms with Gasteiger partial charge < -0.3 is 9.47 Å². The first-order valence-electron chi connectivity index (χ1n) is 5.75.